The number of hydrogen-bond acceptors (Lipinski definition) is 3. The molecule has 18 heavy (non-hydrogen) atoms. The molecule has 0 aliphatic carbocycles. The van der Waals surface area contributed by atoms with Gasteiger partial charge in [0.05, 0.1) is 26.2 Å². The molecule has 2 unspecified atom stereocenters. The van der Waals surface area contributed by atoms with Gasteiger partial charge in [0.2, 0.25) is 0 Å². The number of benzene rings is 1. The Morgan fingerprint density at radius 1 is 1.28 bits per heavy atom. The second-order valence-corrected chi connectivity index (χ2v) is 5.13. The molecule has 1 aromatic rings. The van der Waals surface area contributed by atoms with Crippen molar-refractivity contribution in [1.29, 1.82) is 0 Å². The van der Waals surface area contributed by atoms with Crippen molar-refractivity contribution < 1.29 is 14.2 Å². The molecule has 5 heteroatoms. The van der Waals surface area contributed by atoms with E-state index in [0.29, 0.717) is 29.0 Å². The average molecular weight is 291 g/mol. The van der Waals surface area contributed by atoms with Crippen LogP contribution in [-0.2, 0) is 4.74 Å². The highest BCUT2D eigenvalue weighted by atomic mass is 35.5. The lowest BCUT2D eigenvalue weighted by Gasteiger charge is -2.19. The first-order valence-corrected chi connectivity index (χ1v) is 6.62. The summed E-state index contributed by atoms with van der Waals surface area (Å²) in [5, 5.41) is 0.430. The third-order valence-electron chi connectivity index (χ3n) is 3.18. The van der Waals surface area contributed by atoms with Crippen LogP contribution in [0.15, 0.2) is 12.1 Å². The number of alkyl halides is 1. The lowest BCUT2D eigenvalue weighted by molar-refractivity contribution is 0.185. The van der Waals surface area contributed by atoms with Gasteiger partial charge in [0, 0.05) is 23.6 Å². The van der Waals surface area contributed by atoms with Gasteiger partial charge in [0.15, 0.2) is 11.5 Å². The maximum atomic E-state index is 6.48. The minimum absolute atomic E-state index is 0.167. The Morgan fingerprint density at radius 2 is 1.94 bits per heavy atom. The van der Waals surface area contributed by atoms with Crippen molar-refractivity contribution in [2.75, 3.05) is 27.4 Å². The Bertz CT molecular complexity index is 417. The van der Waals surface area contributed by atoms with Crippen molar-refractivity contribution in [3.63, 3.8) is 0 Å². The van der Waals surface area contributed by atoms with Crippen LogP contribution in [0.4, 0.5) is 0 Å². The number of halogens is 2. The molecule has 1 heterocycles. The van der Waals surface area contributed by atoms with E-state index in [2.05, 4.69) is 0 Å². The van der Waals surface area contributed by atoms with Crippen LogP contribution >= 0.6 is 23.2 Å². The second kappa shape index (κ2) is 6.00. The summed E-state index contributed by atoms with van der Waals surface area (Å²) < 4.78 is 15.8. The smallest absolute Gasteiger partial charge is 0.162 e. The number of methoxy groups -OCH3 is 2. The Hall–Kier alpha value is -0.640. The van der Waals surface area contributed by atoms with Crippen LogP contribution in [0.2, 0.25) is 5.02 Å². The van der Waals surface area contributed by atoms with Gasteiger partial charge in [-0.1, -0.05) is 11.6 Å². The van der Waals surface area contributed by atoms with Crippen molar-refractivity contribution in [3.05, 3.63) is 22.7 Å². The molecule has 0 amide bonds. The highest BCUT2D eigenvalue weighted by molar-refractivity contribution is 6.33. The van der Waals surface area contributed by atoms with E-state index in [-0.39, 0.29) is 5.38 Å². The first-order chi connectivity index (χ1) is 8.67. The predicted molar refractivity (Wildman–Crippen MR) is 72.1 cm³/mol. The van der Waals surface area contributed by atoms with E-state index >= 15 is 0 Å². The van der Waals surface area contributed by atoms with Gasteiger partial charge in [-0.3, -0.25) is 0 Å². The summed E-state index contributed by atoms with van der Waals surface area (Å²) in [5.74, 6) is 1.54. The van der Waals surface area contributed by atoms with Crippen molar-refractivity contribution in [3.8, 4) is 11.5 Å². The summed E-state index contributed by atoms with van der Waals surface area (Å²) >= 11 is 12.7. The average Bonchev–Trinajstić information content (AvgIpc) is 2.91. The van der Waals surface area contributed by atoms with Crippen molar-refractivity contribution >= 4 is 23.2 Å². The fourth-order valence-corrected chi connectivity index (χ4v) is 2.83. The molecule has 1 aliphatic heterocycles. The number of rotatable bonds is 4. The first-order valence-electron chi connectivity index (χ1n) is 5.80. The van der Waals surface area contributed by atoms with E-state index < -0.39 is 0 Å². The third kappa shape index (κ3) is 2.68. The Morgan fingerprint density at radius 3 is 2.50 bits per heavy atom. The molecular formula is C13H16Cl2O3. The fourth-order valence-electron chi connectivity index (χ4n) is 2.12. The van der Waals surface area contributed by atoms with E-state index in [0.717, 1.165) is 18.6 Å². The van der Waals surface area contributed by atoms with Gasteiger partial charge in [0.25, 0.3) is 0 Å². The molecule has 100 valence electrons. The number of ether oxygens (including phenoxy) is 3. The van der Waals surface area contributed by atoms with E-state index in [4.69, 9.17) is 37.4 Å². The maximum Gasteiger partial charge on any atom is 0.162 e. The van der Waals surface area contributed by atoms with Gasteiger partial charge in [-0.2, -0.15) is 0 Å². The normalized spacial score (nSPS) is 20.8. The van der Waals surface area contributed by atoms with E-state index in [1.807, 2.05) is 6.07 Å². The molecule has 0 radical (unpaired) electrons. The molecule has 0 aromatic heterocycles. The van der Waals surface area contributed by atoms with Crippen LogP contribution in [0, 0.1) is 5.92 Å². The summed E-state index contributed by atoms with van der Waals surface area (Å²) in [5.41, 5.74) is 0.867. The van der Waals surface area contributed by atoms with Crippen molar-refractivity contribution in [2.45, 2.75) is 11.8 Å². The van der Waals surface area contributed by atoms with Gasteiger partial charge in [-0.25, -0.2) is 0 Å². The Balaban J connectivity index is 2.31. The molecule has 2 atom stereocenters. The van der Waals surface area contributed by atoms with Crippen LogP contribution in [0.5, 0.6) is 11.5 Å². The summed E-state index contributed by atoms with van der Waals surface area (Å²) in [6, 6.07) is 3.58. The van der Waals surface area contributed by atoms with Gasteiger partial charge in [-0.15, -0.1) is 11.6 Å². The summed E-state index contributed by atoms with van der Waals surface area (Å²) in [4.78, 5) is 0. The molecule has 3 nitrogen and oxygen atoms in total. The van der Waals surface area contributed by atoms with Crippen LogP contribution in [0.1, 0.15) is 17.4 Å². The second-order valence-electron chi connectivity index (χ2n) is 4.25. The highest BCUT2D eigenvalue weighted by Gasteiger charge is 2.28. The van der Waals surface area contributed by atoms with Gasteiger partial charge in [0.1, 0.15) is 0 Å². The Kier molecular flexibility index (Phi) is 4.60. The van der Waals surface area contributed by atoms with Crippen molar-refractivity contribution in [1.82, 2.24) is 0 Å². The number of hydrogen-bond donors (Lipinski definition) is 0. The predicted octanol–water partition coefficient (Wildman–Crippen LogP) is 3.67. The van der Waals surface area contributed by atoms with Crippen molar-refractivity contribution in [2.24, 2.45) is 5.92 Å². The molecular weight excluding hydrogens is 275 g/mol. The van der Waals surface area contributed by atoms with Gasteiger partial charge < -0.3 is 14.2 Å². The lowest BCUT2D eigenvalue weighted by Crippen LogP contribution is -2.08. The van der Waals surface area contributed by atoms with E-state index in [1.165, 1.54) is 0 Å². The van der Waals surface area contributed by atoms with E-state index in [9.17, 15) is 0 Å². The molecule has 0 N–H and O–H groups in total. The van der Waals surface area contributed by atoms with Crippen LogP contribution in [0.25, 0.3) is 0 Å². The van der Waals surface area contributed by atoms with Gasteiger partial charge >= 0.3 is 0 Å². The molecule has 0 spiro atoms. The third-order valence-corrected chi connectivity index (χ3v) is 4.10. The summed E-state index contributed by atoms with van der Waals surface area (Å²) in [6.07, 6.45) is 0.957. The quantitative estimate of drug-likeness (QED) is 0.792. The standard InChI is InChI=1S/C13H16Cl2O3/c1-16-11-5-9(10(14)6-12(11)17-2)13(15)8-3-4-18-7-8/h5-6,8,13H,3-4,7H2,1-2H3. The van der Waals surface area contributed by atoms with E-state index in [1.54, 1.807) is 20.3 Å². The zero-order valence-corrected chi connectivity index (χ0v) is 11.9. The first kappa shape index (κ1) is 13.8. The molecule has 1 saturated heterocycles. The summed E-state index contributed by atoms with van der Waals surface area (Å²) in [6.45, 7) is 1.44. The largest absolute Gasteiger partial charge is 0.493 e. The topological polar surface area (TPSA) is 27.7 Å². The lowest BCUT2D eigenvalue weighted by atomic mass is 9.97. The van der Waals surface area contributed by atoms with Crippen LogP contribution < -0.4 is 9.47 Å². The molecule has 1 fully saturated rings. The SMILES string of the molecule is COc1cc(Cl)c(C(Cl)C2CCOC2)cc1OC. The summed E-state index contributed by atoms with van der Waals surface area (Å²) in [7, 11) is 3.17. The zero-order chi connectivity index (χ0) is 13.1. The maximum absolute atomic E-state index is 6.48. The van der Waals surface area contributed by atoms with Crippen LogP contribution in [-0.4, -0.2) is 27.4 Å². The zero-order valence-electron chi connectivity index (χ0n) is 10.4. The highest BCUT2D eigenvalue weighted by Crippen LogP contribution is 2.42. The monoisotopic (exact) mass is 290 g/mol. The van der Waals surface area contributed by atoms with Gasteiger partial charge in [-0.05, 0) is 18.1 Å². The molecule has 2 rings (SSSR count). The minimum Gasteiger partial charge on any atom is -0.493 e. The molecule has 1 aliphatic rings. The Labute approximate surface area is 117 Å². The fraction of sp³-hybridized carbons (Fsp3) is 0.538. The molecule has 0 bridgehead atoms. The van der Waals surface area contributed by atoms with Crippen LogP contribution in [0.3, 0.4) is 0 Å². The molecule has 0 saturated carbocycles. The molecule has 1 aromatic carbocycles. The minimum atomic E-state index is -0.167.